The average molecular weight is 294 g/mol. The Morgan fingerprint density at radius 2 is 1.82 bits per heavy atom. The van der Waals surface area contributed by atoms with Crippen molar-refractivity contribution in [1.82, 2.24) is 0 Å². The lowest BCUT2D eigenvalue weighted by atomic mass is 9.93. The predicted octanol–water partition coefficient (Wildman–Crippen LogP) is 3.55. The number of rotatable bonds is 4. The van der Waals surface area contributed by atoms with Gasteiger partial charge in [-0.1, -0.05) is 30.3 Å². The minimum atomic E-state index is -0.794. The molecule has 2 N–H and O–H groups in total. The third kappa shape index (κ3) is 3.64. The van der Waals surface area contributed by atoms with Crippen LogP contribution in [0.1, 0.15) is 33.9 Å². The lowest BCUT2D eigenvalue weighted by Gasteiger charge is -2.20. The Labute approximate surface area is 130 Å². The third-order valence-electron chi connectivity index (χ3n) is 3.64. The van der Waals surface area contributed by atoms with Crippen molar-refractivity contribution >= 4 is 6.09 Å². The number of amides is 1. The van der Waals surface area contributed by atoms with Gasteiger partial charge in [-0.3, -0.25) is 0 Å². The first kappa shape index (κ1) is 15.6. The van der Waals surface area contributed by atoms with Gasteiger partial charge in [-0.25, -0.2) is 4.79 Å². The maximum absolute atomic E-state index is 11.2. The summed E-state index contributed by atoms with van der Waals surface area (Å²) >= 11 is 0. The van der Waals surface area contributed by atoms with Gasteiger partial charge in [-0.15, -0.1) is 0 Å². The highest BCUT2D eigenvalue weighted by Gasteiger charge is 2.18. The molecule has 0 aliphatic carbocycles. The van der Waals surface area contributed by atoms with Crippen LogP contribution in [0.3, 0.4) is 0 Å². The number of carbonyl (C=O) groups is 1. The summed E-state index contributed by atoms with van der Waals surface area (Å²) in [6, 6.07) is 15.3. The molecule has 0 saturated heterocycles. The summed E-state index contributed by atoms with van der Waals surface area (Å²) in [7, 11) is 0. The van der Waals surface area contributed by atoms with E-state index in [0.717, 1.165) is 22.3 Å². The molecule has 0 saturated carbocycles. The number of nitrogens with zero attached hydrogens (tertiary/aromatic N) is 1. The number of ether oxygens (including phenoxy) is 1. The molecule has 112 valence electrons. The van der Waals surface area contributed by atoms with Crippen LogP contribution in [0.4, 0.5) is 4.79 Å². The highest BCUT2D eigenvalue weighted by molar-refractivity contribution is 5.65. The molecule has 0 bridgehead atoms. The van der Waals surface area contributed by atoms with Crippen LogP contribution in [0.15, 0.2) is 42.5 Å². The molecule has 0 radical (unpaired) electrons. The van der Waals surface area contributed by atoms with E-state index in [1.807, 2.05) is 56.3 Å². The number of hydrogen-bond donors (Lipinski definition) is 1. The van der Waals surface area contributed by atoms with Crippen LogP contribution >= 0.6 is 0 Å². The minimum Gasteiger partial charge on any atom is -0.441 e. The Morgan fingerprint density at radius 1 is 1.23 bits per heavy atom. The fourth-order valence-electron chi connectivity index (χ4n) is 2.60. The fourth-order valence-corrected chi connectivity index (χ4v) is 2.60. The van der Waals surface area contributed by atoms with Crippen molar-refractivity contribution in [2.75, 3.05) is 0 Å². The van der Waals surface area contributed by atoms with E-state index >= 15 is 0 Å². The third-order valence-corrected chi connectivity index (χ3v) is 3.64. The molecular weight excluding hydrogens is 276 g/mol. The summed E-state index contributed by atoms with van der Waals surface area (Å²) in [5.74, 6) is 0. The minimum absolute atomic E-state index is 0.441. The van der Waals surface area contributed by atoms with Gasteiger partial charge < -0.3 is 10.5 Å². The zero-order valence-electron chi connectivity index (χ0n) is 12.7. The Balaban J connectivity index is 2.36. The van der Waals surface area contributed by atoms with Crippen LogP contribution in [0.5, 0.6) is 0 Å². The van der Waals surface area contributed by atoms with Gasteiger partial charge in [0.2, 0.25) is 0 Å². The van der Waals surface area contributed by atoms with Crippen molar-refractivity contribution in [3.05, 3.63) is 70.3 Å². The van der Waals surface area contributed by atoms with Gasteiger partial charge in [-0.2, -0.15) is 5.26 Å². The highest BCUT2D eigenvalue weighted by Crippen LogP contribution is 2.26. The van der Waals surface area contributed by atoms with Crippen molar-refractivity contribution in [1.29, 1.82) is 5.26 Å². The normalized spacial score (nSPS) is 11.5. The summed E-state index contributed by atoms with van der Waals surface area (Å²) in [5.41, 5.74) is 9.80. The first-order valence-corrected chi connectivity index (χ1v) is 7.02. The largest absolute Gasteiger partial charge is 0.441 e. The van der Waals surface area contributed by atoms with Gasteiger partial charge in [0.25, 0.3) is 0 Å². The van der Waals surface area contributed by atoms with Crippen molar-refractivity contribution in [2.45, 2.75) is 26.4 Å². The predicted molar refractivity (Wildman–Crippen MR) is 84.2 cm³/mol. The molecule has 22 heavy (non-hydrogen) atoms. The number of primary amides is 1. The van der Waals surface area contributed by atoms with Crippen LogP contribution in [0.2, 0.25) is 0 Å². The van der Waals surface area contributed by atoms with E-state index < -0.39 is 12.2 Å². The monoisotopic (exact) mass is 294 g/mol. The molecule has 2 aromatic rings. The molecule has 1 atom stereocenters. The second-order valence-electron chi connectivity index (χ2n) is 5.24. The van der Waals surface area contributed by atoms with Crippen LogP contribution in [-0.4, -0.2) is 6.09 Å². The van der Waals surface area contributed by atoms with E-state index in [1.165, 1.54) is 0 Å². The Bertz CT molecular complexity index is 695. The lowest BCUT2D eigenvalue weighted by Crippen LogP contribution is -2.19. The second-order valence-corrected chi connectivity index (χ2v) is 5.24. The van der Waals surface area contributed by atoms with Crippen LogP contribution < -0.4 is 5.73 Å². The van der Waals surface area contributed by atoms with E-state index in [-0.39, 0.29) is 0 Å². The number of nitriles is 1. The summed E-state index contributed by atoms with van der Waals surface area (Å²) in [6.07, 6.45) is -0.710. The quantitative estimate of drug-likeness (QED) is 0.936. The molecule has 2 rings (SSSR count). The average Bonchev–Trinajstić information content (AvgIpc) is 2.50. The zero-order valence-corrected chi connectivity index (χ0v) is 12.7. The molecule has 1 amide bonds. The van der Waals surface area contributed by atoms with E-state index in [2.05, 4.69) is 6.07 Å². The van der Waals surface area contributed by atoms with E-state index in [1.54, 1.807) is 0 Å². The molecule has 2 aromatic carbocycles. The van der Waals surface area contributed by atoms with Gasteiger partial charge in [-0.05, 0) is 48.2 Å². The first-order chi connectivity index (χ1) is 10.5. The van der Waals surface area contributed by atoms with Crippen molar-refractivity contribution in [3.8, 4) is 6.07 Å². The first-order valence-electron chi connectivity index (χ1n) is 7.02. The molecule has 1 unspecified atom stereocenters. The maximum Gasteiger partial charge on any atom is 0.405 e. The molecule has 0 aromatic heterocycles. The standard InChI is InChI=1S/C18H18N2O2/c1-12-8-14(11-19)9-13(2)16(12)10-17(22-18(20)21)15-6-4-3-5-7-15/h3-9,17H,10H2,1-2H3,(H2,20,21). The number of aryl methyl sites for hydroxylation is 2. The summed E-state index contributed by atoms with van der Waals surface area (Å²) in [6.45, 7) is 3.91. The van der Waals surface area contributed by atoms with Gasteiger partial charge in [0.1, 0.15) is 6.10 Å². The molecule has 4 heteroatoms. The number of hydrogen-bond acceptors (Lipinski definition) is 3. The van der Waals surface area contributed by atoms with Crippen molar-refractivity contribution < 1.29 is 9.53 Å². The van der Waals surface area contributed by atoms with Crippen LogP contribution in [-0.2, 0) is 11.2 Å². The fraction of sp³-hybridized carbons (Fsp3) is 0.222. The highest BCUT2D eigenvalue weighted by atomic mass is 16.6. The topological polar surface area (TPSA) is 76.1 Å². The second kappa shape index (κ2) is 6.77. The maximum atomic E-state index is 11.2. The molecular formula is C18H18N2O2. The Kier molecular flexibility index (Phi) is 4.80. The molecule has 0 spiro atoms. The van der Waals surface area contributed by atoms with Gasteiger partial charge >= 0.3 is 6.09 Å². The van der Waals surface area contributed by atoms with Crippen molar-refractivity contribution in [3.63, 3.8) is 0 Å². The van der Waals surface area contributed by atoms with Gasteiger partial charge in [0.05, 0.1) is 11.6 Å². The van der Waals surface area contributed by atoms with E-state index in [0.29, 0.717) is 12.0 Å². The molecule has 0 fully saturated rings. The van der Waals surface area contributed by atoms with E-state index in [9.17, 15) is 4.79 Å². The molecule has 0 aliphatic heterocycles. The zero-order chi connectivity index (χ0) is 16.1. The van der Waals surface area contributed by atoms with Gasteiger partial charge in [0.15, 0.2) is 0 Å². The van der Waals surface area contributed by atoms with E-state index in [4.69, 9.17) is 15.7 Å². The van der Waals surface area contributed by atoms with Crippen molar-refractivity contribution in [2.24, 2.45) is 5.73 Å². The van der Waals surface area contributed by atoms with Crippen LogP contribution in [0, 0.1) is 25.2 Å². The molecule has 0 aliphatic rings. The number of nitrogens with two attached hydrogens (primary N) is 1. The SMILES string of the molecule is Cc1cc(C#N)cc(C)c1CC(OC(N)=O)c1ccccc1. The molecule has 0 heterocycles. The van der Waals surface area contributed by atoms with Crippen LogP contribution in [0.25, 0.3) is 0 Å². The summed E-state index contributed by atoms with van der Waals surface area (Å²) < 4.78 is 5.28. The number of benzene rings is 2. The summed E-state index contributed by atoms with van der Waals surface area (Å²) in [5, 5.41) is 9.02. The Hall–Kier alpha value is -2.80. The number of carbonyl (C=O) groups excluding carboxylic acids is 1. The van der Waals surface area contributed by atoms with Gasteiger partial charge in [0, 0.05) is 6.42 Å². The molecule has 4 nitrogen and oxygen atoms in total. The Morgan fingerprint density at radius 3 is 2.32 bits per heavy atom. The smallest absolute Gasteiger partial charge is 0.405 e. The summed E-state index contributed by atoms with van der Waals surface area (Å²) in [4.78, 5) is 11.2. The lowest BCUT2D eigenvalue weighted by molar-refractivity contribution is 0.106.